The van der Waals surface area contributed by atoms with E-state index in [0.717, 1.165) is 48.6 Å². The number of nitrogens with one attached hydrogen (secondary N) is 2. The Morgan fingerprint density at radius 2 is 1.59 bits per heavy atom. The fraction of sp³-hybridized carbons (Fsp3) is 0.348. The van der Waals surface area contributed by atoms with Crippen LogP contribution >= 0.6 is 0 Å². The quantitative estimate of drug-likeness (QED) is 0.520. The molecule has 1 amide bonds. The van der Waals surface area contributed by atoms with E-state index in [-0.39, 0.29) is 5.78 Å². The number of ether oxygens (including phenoxy) is 1. The van der Waals surface area contributed by atoms with Crippen molar-refractivity contribution in [3.05, 3.63) is 47.5 Å². The van der Waals surface area contributed by atoms with Crippen LogP contribution < -0.4 is 15.5 Å². The minimum atomic E-state index is -5.08. The molecule has 0 radical (unpaired) electrons. The molecule has 5 rings (SSSR count). The number of methoxy groups -OCH3 is 1. The highest BCUT2D eigenvalue weighted by molar-refractivity contribution is 6.22. The largest absolute Gasteiger partial charge is 0.490 e. The second-order valence-electron chi connectivity index (χ2n) is 8.32. The molecule has 2 heterocycles. The van der Waals surface area contributed by atoms with Crippen LogP contribution in [0.2, 0.25) is 0 Å². The van der Waals surface area contributed by atoms with E-state index in [9.17, 15) is 22.8 Å². The molecule has 2 atom stereocenters. The summed E-state index contributed by atoms with van der Waals surface area (Å²) in [5.74, 6) is -1.33. The van der Waals surface area contributed by atoms with Gasteiger partial charge in [0.25, 0.3) is 0 Å². The lowest BCUT2D eigenvalue weighted by Gasteiger charge is -2.20. The van der Waals surface area contributed by atoms with Crippen LogP contribution in [0, 0.1) is 11.8 Å². The molecular formula is C23H22F3N3O5. The number of aliphatic carboxylic acids is 1. The highest BCUT2D eigenvalue weighted by atomic mass is 19.4. The summed E-state index contributed by atoms with van der Waals surface area (Å²) in [6, 6.07) is 11.6. The van der Waals surface area contributed by atoms with Crippen LogP contribution in [0.4, 0.5) is 29.3 Å². The molecule has 3 aliphatic rings. The minimum Gasteiger partial charge on any atom is -0.475 e. The molecule has 3 N–H and O–H groups in total. The number of ketones is 1. The summed E-state index contributed by atoms with van der Waals surface area (Å²) in [7, 11) is 1.31. The molecule has 2 saturated heterocycles. The molecule has 2 unspecified atom stereocenters. The van der Waals surface area contributed by atoms with Gasteiger partial charge in [0, 0.05) is 48.7 Å². The second-order valence-corrected chi connectivity index (χ2v) is 8.32. The molecular weight excluding hydrogens is 455 g/mol. The number of carbonyl (C=O) groups is 3. The third kappa shape index (κ3) is 4.56. The van der Waals surface area contributed by atoms with Gasteiger partial charge in [0.1, 0.15) is 0 Å². The number of nitrogens with zero attached hydrogens (tertiary/aromatic N) is 1. The van der Waals surface area contributed by atoms with Gasteiger partial charge < -0.3 is 20.1 Å². The number of hydrogen-bond acceptors (Lipinski definition) is 6. The zero-order valence-electron chi connectivity index (χ0n) is 18.1. The fourth-order valence-electron chi connectivity index (χ4n) is 4.58. The van der Waals surface area contributed by atoms with E-state index in [4.69, 9.17) is 9.90 Å². The third-order valence-electron chi connectivity index (χ3n) is 6.23. The van der Waals surface area contributed by atoms with Crippen molar-refractivity contribution in [1.29, 1.82) is 0 Å². The van der Waals surface area contributed by atoms with Gasteiger partial charge >= 0.3 is 18.2 Å². The number of anilines is 2. The fourth-order valence-corrected chi connectivity index (χ4v) is 4.58. The smallest absolute Gasteiger partial charge is 0.475 e. The van der Waals surface area contributed by atoms with Crippen LogP contribution in [-0.2, 0) is 9.53 Å². The van der Waals surface area contributed by atoms with Crippen molar-refractivity contribution in [3.8, 4) is 11.1 Å². The Bertz CT molecular complexity index is 1140. The summed E-state index contributed by atoms with van der Waals surface area (Å²) >= 11 is 0. The van der Waals surface area contributed by atoms with Crippen molar-refractivity contribution in [2.45, 2.75) is 6.18 Å². The molecule has 0 bridgehead atoms. The second kappa shape index (κ2) is 8.98. The Hall–Kier alpha value is -3.60. The van der Waals surface area contributed by atoms with E-state index in [1.807, 2.05) is 18.2 Å². The topological polar surface area (TPSA) is 108 Å². The van der Waals surface area contributed by atoms with E-state index in [1.165, 1.54) is 7.11 Å². The highest BCUT2D eigenvalue weighted by Crippen LogP contribution is 2.40. The predicted molar refractivity (Wildman–Crippen MR) is 117 cm³/mol. The standard InChI is InChI=1S/C21H21N3O3.C2HF3O2/c1-27-21(26)23-14-2-4-16-17-5-3-15(7-19(17)20(25)18(16)6-14)24-10-12-8-22-9-13(12)11-24;3-2(4,5)1(6)7/h2-7,12-13,22H,8-11H2,1H3,(H,23,26);(H,6,7). The minimum absolute atomic E-state index is 0.0106. The summed E-state index contributed by atoms with van der Waals surface area (Å²) in [5.41, 5.74) is 4.93. The zero-order chi connectivity index (χ0) is 24.6. The molecule has 2 fully saturated rings. The predicted octanol–water partition coefficient (Wildman–Crippen LogP) is 3.37. The highest BCUT2D eigenvalue weighted by Gasteiger charge is 2.38. The zero-order valence-corrected chi connectivity index (χ0v) is 18.1. The molecule has 1 aliphatic carbocycles. The normalized spacial score (nSPS) is 20.1. The first-order chi connectivity index (χ1) is 16.1. The molecule has 0 spiro atoms. The van der Waals surface area contributed by atoms with E-state index in [1.54, 1.807) is 12.1 Å². The van der Waals surface area contributed by atoms with Gasteiger partial charge in [-0.1, -0.05) is 12.1 Å². The Kier molecular flexibility index (Phi) is 6.22. The maximum atomic E-state index is 13.0. The number of alkyl halides is 3. The Balaban J connectivity index is 0.000000344. The van der Waals surface area contributed by atoms with E-state index in [2.05, 4.69) is 26.3 Å². The SMILES string of the molecule is COC(=O)Nc1ccc2c(c1)C(=O)c1cc(N3CC4CNCC4C3)ccc1-2.O=C(O)C(F)(F)F. The number of carbonyl (C=O) groups excluding carboxylic acids is 2. The maximum absolute atomic E-state index is 13.0. The van der Waals surface area contributed by atoms with Crippen molar-refractivity contribution in [2.75, 3.05) is 43.5 Å². The van der Waals surface area contributed by atoms with Crippen molar-refractivity contribution in [3.63, 3.8) is 0 Å². The first-order valence-electron chi connectivity index (χ1n) is 10.5. The summed E-state index contributed by atoms with van der Waals surface area (Å²) in [4.78, 5) is 35.7. The van der Waals surface area contributed by atoms with Crippen LogP contribution in [0.25, 0.3) is 11.1 Å². The first kappa shape index (κ1) is 23.6. The van der Waals surface area contributed by atoms with Crippen LogP contribution in [0.15, 0.2) is 36.4 Å². The van der Waals surface area contributed by atoms with Gasteiger partial charge in [-0.05, 0) is 47.2 Å². The number of fused-ring (bicyclic) bond motifs is 4. The lowest BCUT2D eigenvalue weighted by molar-refractivity contribution is -0.192. The van der Waals surface area contributed by atoms with Gasteiger partial charge in [-0.2, -0.15) is 13.2 Å². The molecule has 2 aromatic carbocycles. The Labute approximate surface area is 192 Å². The van der Waals surface area contributed by atoms with Crippen molar-refractivity contribution < 1.29 is 37.4 Å². The Morgan fingerprint density at radius 3 is 2.15 bits per heavy atom. The van der Waals surface area contributed by atoms with Crippen molar-refractivity contribution in [2.24, 2.45) is 11.8 Å². The lowest BCUT2D eigenvalue weighted by Crippen LogP contribution is -2.25. The molecule has 0 aromatic heterocycles. The average molecular weight is 477 g/mol. The van der Waals surface area contributed by atoms with E-state index < -0.39 is 18.2 Å². The molecule has 34 heavy (non-hydrogen) atoms. The van der Waals surface area contributed by atoms with Gasteiger partial charge in [-0.3, -0.25) is 10.1 Å². The van der Waals surface area contributed by atoms with Crippen LogP contribution in [0.5, 0.6) is 0 Å². The molecule has 180 valence electrons. The summed E-state index contributed by atoms with van der Waals surface area (Å²) in [6.45, 7) is 4.27. The maximum Gasteiger partial charge on any atom is 0.490 e. The molecule has 11 heteroatoms. The number of benzene rings is 2. The summed E-state index contributed by atoms with van der Waals surface area (Å²) in [5, 5.41) is 13.2. The first-order valence-corrected chi connectivity index (χ1v) is 10.5. The van der Waals surface area contributed by atoms with Gasteiger partial charge in [0.2, 0.25) is 0 Å². The third-order valence-corrected chi connectivity index (χ3v) is 6.23. The van der Waals surface area contributed by atoms with Crippen LogP contribution in [0.1, 0.15) is 15.9 Å². The monoisotopic (exact) mass is 477 g/mol. The molecule has 2 aliphatic heterocycles. The number of rotatable bonds is 2. The number of amides is 1. The number of carboxylic acid groups (broad SMARTS) is 1. The van der Waals surface area contributed by atoms with E-state index >= 15 is 0 Å². The number of carboxylic acids is 1. The van der Waals surface area contributed by atoms with Gasteiger partial charge in [-0.15, -0.1) is 0 Å². The molecule has 8 nitrogen and oxygen atoms in total. The summed E-state index contributed by atoms with van der Waals surface area (Å²) in [6.07, 6.45) is -5.63. The van der Waals surface area contributed by atoms with Crippen LogP contribution in [-0.4, -0.2) is 62.4 Å². The summed E-state index contributed by atoms with van der Waals surface area (Å²) < 4.78 is 36.4. The van der Waals surface area contributed by atoms with Crippen molar-refractivity contribution in [1.82, 2.24) is 5.32 Å². The van der Waals surface area contributed by atoms with Gasteiger partial charge in [0.05, 0.1) is 7.11 Å². The van der Waals surface area contributed by atoms with Crippen LogP contribution in [0.3, 0.4) is 0 Å². The van der Waals surface area contributed by atoms with Crippen molar-refractivity contribution >= 4 is 29.2 Å². The van der Waals surface area contributed by atoms with E-state index in [0.29, 0.717) is 23.1 Å². The van der Waals surface area contributed by atoms with Gasteiger partial charge in [0.15, 0.2) is 5.78 Å². The molecule has 2 aromatic rings. The number of hydrogen-bond donors (Lipinski definition) is 3. The molecule has 0 saturated carbocycles. The number of halogens is 3. The average Bonchev–Trinajstić information content (AvgIpc) is 3.47. The Morgan fingerprint density at radius 1 is 1.03 bits per heavy atom. The van der Waals surface area contributed by atoms with Gasteiger partial charge in [-0.25, -0.2) is 9.59 Å². The lowest BCUT2D eigenvalue weighted by atomic mass is 10.0.